The molecule has 1 atom stereocenters. The van der Waals surface area contributed by atoms with Gasteiger partial charge in [-0.05, 0) is 46.5 Å². The number of likely N-dealkylation sites (N-methyl/N-ethyl adjacent to an activating group) is 1. The third-order valence-corrected chi connectivity index (χ3v) is 6.70. The van der Waals surface area contributed by atoms with Gasteiger partial charge in [-0.2, -0.15) is 0 Å². The van der Waals surface area contributed by atoms with E-state index in [9.17, 15) is 5.11 Å². The zero-order chi connectivity index (χ0) is 22.3. The maximum atomic E-state index is 10.3. The third-order valence-electron chi connectivity index (χ3n) is 6.70. The maximum absolute atomic E-state index is 10.3. The van der Waals surface area contributed by atoms with E-state index >= 15 is 0 Å². The summed E-state index contributed by atoms with van der Waals surface area (Å²) in [4.78, 5) is 0. The fourth-order valence-electron chi connectivity index (χ4n) is 4.19. The van der Waals surface area contributed by atoms with Gasteiger partial charge in [0.05, 0.1) is 32.8 Å². The molecule has 0 amide bonds. The van der Waals surface area contributed by atoms with Crippen molar-refractivity contribution in [2.24, 2.45) is 0 Å². The van der Waals surface area contributed by atoms with Gasteiger partial charge in [0, 0.05) is 13.2 Å². The molecule has 30 heavy (non-hydrogen) atoms. The Morgan fingerprint density at radius 3 is 1.47 bits per heavy atom. The first kappa shape index (κ1) is 29.8. The van der Waals surface area contributed by atoms with Crippen molar-refractivity contribution in [1.82, 2.24) is 0 Å². The van der Waals surface area contributed by atoms with Crippen molar-refractivity contribution in [1.29, 1.82) is 0 Å². The molecule has 0 rings (SSSR count). The molecule has 0 bridgehead atoms. The number of ether oxygens (including phenoxy) is 2. The van der Waals surface area contributed by atoms with Gasteiger partial charge >= 0.3 is 0 Å². The number of unbranched alkanes of at least 4 members (excludes halogenated alkanes) is 10. The molecule has 0 heterocycles. The summed E-state index contributed by atoms with van der Waals surface area (Å²) in [7, 11) is 0. The summed E-state index contributed by atoms with van der Waals surface area (Å²) in [5, 5.41) is 10.3. The Hall–Kier alpha value is -0.160. The van der Waals surface area contributed by atoms with Gasteiger partial charge in [-0.15, -0.1) is 0 Å². The Labute approximate surface area is 189 Å². The molecule has 1 unspecified atom stereocenters. The minimum atomic E-state index is -0.186. The Morgan fingerprint density at radius 2 is 1.00 bits per heavy atom. The van der Waals surface area contributed by atoms with Crippen LogP contribution < -0.4 is 0 Å². The lowest BCUT2D eigenvalue weighted by Crippen LogP contribution is -2.51. The van der Waals surface area contributed by atoms with E-state index in [1.807, 2.05) is 0 Å². The summed E-state index contributed by atoms with van der Waals surface area (Å²) in [6.45, 7) is 16.2. The quantitative estimate of drug-likeness (QED) is 0.143. The molecule has 4 nitrogen and oxygen atoms in total. The normalized spacial score (nSPS) is 13.1. The van der Waals surface area contributed by atoms with Crippen LogP contribution in [0.2, 0.25) is 0 Å². The van der Waals surface area contributed by atoms with Crippen LogP contribution in [-0.4, -0.2) is 68.3 Å². The molecule has 0 saturated heterocycles. The average Bonchev–Trinajstić information content (AvgIpc) is 2.76. The lowest BCUT2D eigenvalue weighted by atomic mass is 10.1. The summed E-state index contributed by atoms with van der Waals surface area (Å²) >= 11 is 0. The summed E-state index contributed by atoms with van der Waals surface area (Å²) in [5.41, 5.74) is 0. The lowest BCUT2D eigenvalue weighted by molar-refractivity contribution is -0.926. The number of nitrogens with zero attached hydrogens (tertiary/aromatic N) is 1. The number of hydrogen-bond acceptors (Lipinski definition) is 3. The number of aliphatic hydroxyl groups is 1. The zero-order valence-electron chi connectivity index (χ0n) is 21.1. The third kappa shape index (κ3) is 17.5. The Morgan fingerprint density at radius 1 is 0.567 bits per heavy atom. The molecule has 0 aromatic carbocycles. The molecular weight excluding hydrogens is 374 g/mol. The van der Waals surface area contributed by atoms with Crippen molar-refractivity contribution in [2.45, 2.75) is 117 Å². The van der Waals surface area contributed by atoms with E-state index in [-0.39, 0.29) is 6.10 Å². The van der Waals surface area contributed by atoms with E-state index in [1.165, 1.54) is 64.2 Å². The van der Waals surface area contributed by atoms with Gasteiger partial charge in [0.1, 0.15) is 12.6 Å². The monoisotopic (exact) mass is 430 g/mol. The molecule has 0 radical (unpaired) electrons. The van der Waals surface area contributed by atoms with E-state index in [0.29, 0.717) is 13.2 Å². The molecule has 0 aliphatic heterocycles. The van der Waals surface area contributed by atoms with Gasteiger partial charge in [0.15, 0.2) is 0 Å². The van der Waals surface area contributed by atoms with E-state index in [0.717, 1.165) is 63.1 Å². The van der Waals surface area contributed by atoms with Crippen LogP contribution in [0, 0.1) is 0 Å². The van der Waals surface area contributed by atoms with Gasteiger partial charge in [0.2, 0.25) is 0 Å². The predicted molar refractivity (Wildman–Crippen MR) is 130 cm³/mol. The van der Waals surface area contributed by atoms with Crippen LogP contribution in [-0.2, 0) is 9.47 Å². The molecule has 0 spiro atoms. The van der Waals surface area contributed by atoms with Gasteiger partial charge in [-0.25, -0.2) is 0 Å². The van der Waals surface area contributed by atoms with E-state index < -0.39 is 0 Å². The first-order valence-corrected chi connectivity index (χ1v) is 13.3. The van der Waals surface area contributed by atoms with Crippen LogP contribution in [0.1, 0.15) is 111 Å². The van der Waals surface area contributed by atoms with Crippen LogP contribution in [0.4, 0.5) is 0 Å². The van der Waals surface area contributed by atoms with Crippen LogP contribution in [0.15, 0.2) is 0 Å². The predicted octanol–water partition coefficient (Wildman–Crippen LogP) is 6.35. The smallest absolute Gasteiger partial charge is 0.105 e. The number of quaternary nitrogens is 1. The maximum Gasteiger partial charge on any atom is 0.105 e. The number of hydrogen-bond donors (Lipinski definition) is 1. The van der Waals surface area contributed by atoms with Crippen molar-refractivity contribution in [3.8, 4) is 0 Å². The van der Waals surface area contributed by atoms with Gasteiger partial charge in [-0.1, -0.05) is 64.7 Å². The topological polar surface area (TPSA) is 38.7 Å². The van der Waals surface area contributed by atoms with Crippen LogP contribution in [0.5, 0.6) is 0 Å². The van der Waals surface area contributed by atoms with Gasteiger partial charge in [0.25, 0.3) is 0 Å². The van der Waals surface area contributed by atoms with Crippen LogP contribution in [0.3, 0.4) is 0 Å². The van der Waals surface area contributed by atoms with Crippen molar-refractivity contribution in [3.05, 3.63) is 0 Å². The second-order valence-electron chi connectivity index (χ2n) is 9.03. The van der Waals surface area contributed by atoms with E-state index in [1.54, 1.807) is 0 Å². The van der Waals surface area contributed by atoms with Crippen LogP contribution >= 0.6 is 0 Å². The molecule has 0 aromatic rings. The molecular formula is C26H56NO3+. The van der Waals surface area contributed by atoms with Crippen molar-refractivity contribution >= 4 is 0 Å². The van der Waals surface area contributed by atoms with Crippen molar-refractivity contribution < 1.29 is 19.1 Å². The molecule has 4 heteroatoms. The highest BCUT2D eigenvalue weighted by molar-refractivity contribution is 4.56. The first-order chi connectivity index (χ1) is 14.6. The number of rotatable bonds is 24. The zero-order valence-corrected chi connectivity index (χ0v) is 21.1. The lowest BCUT2D eigenvalue weighted by Gasteiger charge is -2.37. The van der Waals surface area contributed by atoms with Crippen molar-refractivity contribution in [3.63, 3.8) is 0 Å². The first-order valence-electron chi connectivity index (χ1n) is 13.3. The molecule has 0 aliphatic rings. The average molecular weight is 431 g/mol. The fraction of sp³-hybridized carbons (Fsp3) is 1.00. The molecule has 0 aliphatic carbocycles. The number of aliphatic hydroxyl groups excluding tert-OH is 1. The molecule has 0 fully saturated rings. The summed E-state index contributed by atoms with van der Waals surface area (Å²) in [5.74, 6) is 0. The standard InChI is InChI=1S/C26H56NO3/c1-5-9-10-11-12-13-14-15-16-18-21-29-23-24-30-22-19-17-20-26(28)25-27(6-2,7-3)8-4/h26,28H,5-25H2,1-4H3/q+1. The minimum Gasteiger partial charge on any atom is -0.387 e. The summed E-state index contributed by atoms with van der Waals surface area (Å²) in [6, 6.07) is 0. The van der Waals surface area contributed by atoms with Crippen molar-refractivity contribution in [2.75, 3.05) is 52.6 Å². The summed E-state index contributed by atoms with van der Waals surface area (Å²) in [6.07, 6.45) is 16.4. The van der Waals surface area contributed by atoms with Gasteiger partial charge in [-0.3, -0.25) is 0 Å². The Bertz CT molecular complexity index is 326. The SMILES string of the molecule is CCCCCCCCCCCCOCCOCCCCC(O)C[N+](CC)(CC)CC. The molecule has 0 aromatic heterocycles. The highest BCUT2D eigenvalue weighted by Crippen LogP contribution is 2.12. The highest BCUT2D eigenvalue weighted by Gasteiger charge is 2.24. The van der Waals surface area contributed by atoms with E-state index in [4.69, 9.17) is 9.47 Å². The highest BCUT2D eigenvalue weighted by atomic mass is 16.5. The largest absolute Gasteiger partial charge is 0.387 e. The Kier molecular flexibility index (Phi) is 21.9. The second-order valence-corrected chi connectivity index (χ2v) is 9.03. The molecule has 1 N–H and O–H groups in total. The Balaban J connectivity index is 3.30. The summed E-state index contributed by atoms with van der Waals surface area (Å²) < 4.78 is 12.4. The van der Waals surface area contributed by atoms with E-state index in [2.05, 4.69) is 27.7 Å². The van der Waals surface area contributed by atoms with Crippen LogP contribution in [0.25, 0.3) is 0 Å². The van der Waals surface area contributed by atoms with Gasteiger partial charge < -0.3 is 19.1 Å². The molecule has 0 saturated carbocycles. The minimum absolute atomic E-state index is 0.186. The second kappa shape index (κ2) is 22.0. The molecule has 182 valence electrons. The fourth-order valence-corrected chi connectivity index (χ4v) is 4.19.